The predicted molar refractivity (Wildman–Crippen MR) is 74.0 cm³/mol. The second-order valence-electron chi connectivity index (χ2n) is 6.01. The van der Waals surface area contributed by atoms with Crippen molar-refractivity contribution < 1.29 is 4.79 Å². The fourth-order valence-corrected chi connectivity index (χ4v) is 2.95. The molecule has 0 spiro atoms. The minimum absolute atomic E-state index is 0.133. The first kappa shape index (κ1) is 11.6. The number of carbonyl (C=O) groups is 1. The first-order valence-electron chi connectivity index (χ1n) is 6.76. The predicted octanol–water partition coefficient (Wildman–Crippen LogP) is 2.81. The van der Waals surface area contributed by atoms with Gasteiger partial charge in [0.2, 0.25) is 5.91 Å². The molecule has 0 aromatic heterocycles. The van der Waals surface area contributed by atoms with Crippen molar-refractivity contribution in [3.63, 3.8) is 0 Å². The summed E-state index contributed by atoms with van der Waals surface area (Å²) in [5.74, 6) is 0.133. The van der Waals surface area contributed by atoms with Crippen LogP contribution in [0.1, 0.15) is 32.3 Å². The van der Waals surface area contributed by atoms with E-state index in [2.05, 4.69) is 16.3 Å². The van der Waals surface area contributed by atoms with Crippen LogP contribution < -0.4 is 10.2 Å². The van der Waals surface area contributed by atoms with Crippen molar-refractivity contribution in [3.05, 3.63) is 23.8 Å². The summed E-state index contributed by atoms with van der Waals surface area (Å²) >= 11 is 0. The third-order valence-corrected chi connectivity index (χ3v) is 4.08. The van der Waals surface area contributed by atoms with Gasteiger partial charge in [-0.1, -0.05) is 19.9 Å². The second-order valence-corrected chi connectivity index (χ2v) is 6.01. The summed E-state index contributed by atoms with van der Waals surface area (Å²) < 4.78 is 0. The van der Waals surface area contributed by atoms with Gasteiger partial charge in [-0.3, -0.25) is 4.79 Å². The van der Waals surface area contributed by atoms with E-state index in [4.69, 9.17) is 0 Å². The van der Waals surface area contributed by atoms with Gasteiger partial charge in [-0.05, 0) is 31.4 Å². The number of carbonyl (C=O) groups excluding carboxylic acids is 1. The largest absolute Gasteiger partial charge is 0.371 e. The molecule has 2 aliphatic heterocycles. The molecule has 0 atom stereocenters. The van der Waals surface area contributed by atoms with E-state index < -0.39 is 0 Å². The van der Waals surface area contributed by atoms with Gasteiger partial charge in [-0.2, -0.15) is 0 Å². The lowest BCUT2D eigenvalue weighted by Gasteiger charge is -2.34. The Labute approximate surface area is 108 Å². The molecule has 3 rings (SSSR count). The molecule has 2 heterocycles. The minimum atomic E-state index is -0.303. The Morgan fingerprint density at radius 3 is 2.67 bits per heavy atom. The van der Waals surface area contributed by atoms with Gasteiger partial charge in [0.25, 0.3) is 0 Å². The summed E-state index contributed by atoms with van der Waals surface area (Å²) in [6, 6.07) is 6.25. The summed E-state index contributed by atoms with van der Waals surface area (Å²) in [7, 11) is 0. The number of nitrogens with one attached hydrogen (secondary N) is 1. The van der Waals surface area contributed by atoms with Crippen LogP contribution in [0.3, 0.4) is 0 Å². The summed E-state index contributed by atoms with van der Waals surface area (Å²) in [4.78, 5) is 14.4. The molecule has 3 heteroatoms. The Kier molecular flexibility index (Phi) is 2.58. The van der Waals surface area contributed by atoms with Gasteiger partial charge in [0, 0.05) is 35.4 Å². The molecule has 1 saturated heterocycles. The van der Waals surface area contributed by atoms with Crippen LogP contribution in [0.5, 0.6) is 0 Å². The zero-order valence-electron chi connectivity index (χ0n) is 11.1. The monoisotopic (exact) mass is 244 g/mol. The van der Waals surface area contributed by atoms with Gasteiger partial charge >= 0.3 is 0 Å². The molecular formula is C15H20N2O. The lowest BCUT2D eigenvalue weighted by molar-refractivity contribution is -0.124. The number of rotatable bonds is 1. The van der Waals surface area contributed by atoms with Crippen molar-refractivity contribution in [1.29, 1.82) is 0 Å². The zero-order chi connectivity index (χ0) is 12.8. The smallest absolute Gasteiger partial charge is 0.230 e. The molecule has 1 N–H and O–H groups in total. The highest BCUT2D eigenvalue weighted by Gasteiger charge is 2.35. The highest BCUT2D eigenvalue weighted by molar-refractivity contribution is 5.99. The number of benzene rings is 1. The van der Waals surface area contributed by atoms with E-state index in [1.54, 1.807) is 0 Å². The van der Waals surface area contributed by atoms with Gasteiger partial charge in [0.15, 0.2) is 0 Å². The molecule has 2 aliphatic rings. The van der Waals surface area contributed by atoms with Gasteiger partial charge in [-0.15, -0.1) is 0 Å². The molecule has 0 saturated carbocycles. The Morgan fingerprint density at radius 2 is 1.94 bits per heavy atom. The number of nitrogens with zero attached hydrogens (tertiary/aromatic N) is 1. The van der Waals surface area contributed by atoms with Crippen LogP contribution in [0, 0.1) is 5.41 Å². The van der Waals surface area contributed by atoms with E-state index in [-0.39, 0.29) is 11.3 Å². The normalized spacial score (nSPS) is 21.7. The summed E-state index contributed by atoms with van der Waals surface area (Å²) in [6.07, 6.45) is 3.39. The number of hydrogen-bond donors (Lipinski definition) is 1. The van der Waals surface area contributed by atoms with Crippen molar-refractivity contribution in [1.82, 2.24) is 0 Å². The quantitative estimate of drug-likeness (QED) is 0.824. The molecule has 18 heavy (non-hydrogen) atoms. The highest BCUT2D eigenvalue weighted by atomic mass is 16.2. The zero-order valence-corrected chi connectivity index (χ0v) is 11.1. The van der Waals surface area contributed by atoms with Crippen molar-refractivity contribution in [2.24, 2.45) is 5.41 Å². The fourth-order valence-electron chi connectivity index (χ4n) is 2.95. The van der Waals surface area contributed by atoms with E-state index in [9.17, 15) is 4.79 Å². The molecule has 1 aromatic rings. The van der Waals surface area contributed by atoms with E-state index >= 15 is 0 Å². The fraction of sp³-hybridized carbons (Fsp3) is 0.533. The van der Waals surface area contributed by atoms with Gasteiger partial charge in [0.05, 0.1) is 0 Å². The van der Waals surface area contributed by atoms with Crippen LogP contribution in [0.15, 0.2) is 18.2 Å². The minimum Gasteiger partial charge on any atom is -0.371 e. The molecule has 1 amide bonds. The van der Waals surface area contributed by atoms with Crippen molar-refractivity contribution >= 4 is 17.3 Å². The molecule has 0 aliphatic carbocycles. The van der Waals surface area contributed by atoms with E-state index in [0.29, 0.717) is 0 Å². The number of anilines is 2. The molecule has 1 aromatic carbocycles. The molecule has 0 radical (unpaired) electrons. The average molecular weight is 244 g/mol. The molecular weight excluding hydrogens is 224 g/mol. The van der Waals surface area contributed by atoms with E-state index in [1.165, 1.54) is 24.1 Å². The van der Waals surface area contributed by atoms with Crippen LogP contribution in [0.25, 0.3) is 0 Å². The lowest BCUT2D eigenvalue weighted by Crippen LogP contribution is -2.38. The Balaban J connectivity index is 2.03. The molecule has 3 nitrogen and oxygen atoms in total. The SMILES string of the molecule is CC1(C)Cc2c(cccc2N2CCCC2)NC1=O. The Morgan fingerprint density at radius 1 is 1.22 bits per heavy atom. The first-order valence-corrected chi connectivity index (χ1v) is 6.76. The molecule has 0 unspecified atom stereocenters. The molecule has 96 valence electrons. The van der Waals surface area contributed by atoms with Crippen LogP contribution in [-0.2, 0) is 11.2 Å². The lowest BCUT2D eigenvalue weighted by atomic mass is 9.80. The third-order valence-electron chi connectivity index (χ3n) is 4.08. The van der Waals surface area contributed by atoms with Gasteiger partial charge in [0.1, 0.15) is 0 Å². The molecule has 1 fully saturated rings. The number of amides is 1. The summed E-state index contributed by atoms with van der Waals surface area (Å²) in [5, 5.41) is 3.05. The maximum atomic E-state index is 12.0. The van der Waals surface area contributed by atoms with E-state index in [0.717, 1.165) is 25.2 Å². The van der Waals surface area contributed by atoms with Crippen LogP contribution in [-0.4, -0.2) is 19.0 Å². The third kappa shape index (κ3) is 1.78. The first-order chi connectivity index (χ1) is 8.58. The second kappa shape index (κ2) is 4.01. The number of fused-ring (bicyclic) bond motifs is 1. The maximum absolute atomic E-state index is 12.0. The van der Waals surface area contributed by atoms with Crippen LogP contribution in [0.2, 0.25) is 0 Å². The molecule has 0 bridgehead atoms. The van der Waals surface area contributed by atoms with Gasteiger partial charge in [-0.25, -0.2) is 0 Å². The Hall–Kier alpha value is -1.51. The van der Waals surface area contributed by atoms with Gasteiger partial charge < -0.3 is 10.2 Å². The van der Waals surface area contributed by atoms with E-state index in [1.807, 2.05) is 26.0 Å². The average Bonchev–Trinajstić information content (AvgIpc) is 2.83. The number of hydrogen-bond acceptors (Lipinski definition) is 2. The topological polar surface area (TPSA) is 32.3 Å². The highest BCUT2D eigenvalue weighted by Crippen LogP contribution is 2.39. The summed E-state index contributed by atoms with van der Waals surface area (Å²) in [5.41, 5.74) is 3.33. The standard InChI is InChI=1S/C15H20N2O/c1-15(2)10-11-12(16-14(15)18)6-5-7-13(11)17-8-3-4-9-17/h5-7H,3-4,8-10H2,1-2H3,(H,16,18). The van der Waals surface area contributed by atoms with Crippen LogP contribution >= 0.6 is 0 Å². The van der Waals surface area contributed by atoms with Crippen molar-refractivity contribution in [2.75, 3.05) is 23.3 Å². The maximum Gasteiger partial charge on any atom is 0.230 e. The van der Waals surface area contributed by atoms with Crippen molar-refractivity contribution in [2.45, 2.75) is 33.1 Å². The Bertz CT molecular complexity index is 487. The summed E-state index contributed by atoms with van der Waals surface area (Å²) in [6.45, 7) is 6.33. The van der Waals surface area contributed by atoms with Crippen molar-refractivity contribution in [3.8, 4) is 0 Å². The van der Waals surface area contributed by atoms with Crippen LogP contribution in [0.4, 0.5) is 11.4 Å².